The van der Waals surface area contributed by atoms with Crippen LogP contribution in [0.4, 0.5) is 0 Å². The van der Waals surface area contributed by atoms with Gasteiger partial charge in [-0.3, -0.25) is 10.5 Å². The third-order valence-corrected chi connectivity index (χ3v) is 12.4. The number of rotatable bonds is 2. The number of phosphoric ester groups is 2. The molecule has 3 spiro atoms. The fourth-order valence-electron chi connectivity index (χ4n) is 6.63. The molecule has 10 aliphatic rings. The summed E-state index contributed by atoms with van der Waals surface area (Å²) in [6, 6.07) is -3.25. The molecular formula is C18H26N3O25P3. The van der Waals surface area contributed by atoms with E-state index in [9.17, 15) is 34.1 Å². The summed E-state index contributed by atoms with van der Waals surface area (Å²) < 4.78 is 117. The quantitative estimate of drug-likeness (QED) is 0.102. The highest BCUT2D eigenvalue weighted by molar-refractivity contribution is 7.49. The Bertz CT molecular complexity index is 1560. The number of ether oxygens (including phenoxy) is 5. The van der Waals surface area contributed by atoms with Gasteiger partial charge in [-0.1, -0.05) is 0 Å². The Morgan fingerprint density at radius 1 is 0.755 bits per heavy atom. The smallest absolute Gasteiger partial charge is 0.394 e. The van der Waals surface area contributed by atoms with E-state index in [0.717, 1.165) is 0 Å². The predicted octanol–water partition coefficient (Wildman–Crippen LogP) is -4.72. The zero-order valence-corrected chi connectivity index (χ0v) is 26.5. The molecule has 0 aromatic heterocycles. The Labute approximate surface area is 269 Å². The van der Waals surface area contributed by atoms with Crippen molar-refractivity contribution in [3.63, 3.8) is 0 Å². The third kappa shape index (κ3) is 4.27. The zero-order chi connectivity index (χ0) is 34.6. The van der Waals surface area contributed by atoms with Crippen LogP contribution >= 0.6 is 23.5 Å². The molecule has 10 heterocycles. The molecular weight excluding hydrogens is 751 g/mol. The molecule has 10 rings (SSSR count). The lowest BCUT2D eigenvalue weighted by Gasteiger charge is -2.59. The SMILES string of the molecule is N[C@H]1[C@H]2OC3[C@@H](CO)O[C@@H](O)[C@H](N)[C@H]3OOP3(=O)O[C@@]45OC([C@@H](COOP6(=O)OO[C@@]78OP(=O)(O[C@@]7(CO)O4)O[C@]8(OO6)[C@@]5(N)O3)O2)[C@@H]1O. The van der Waals surface area contributed by atoms with Crippen molar-refractivity contribution >= 4 is 23.5 Å². The number of fused-ring (bicyclic) bond motifs is 5. The molecule has 0 saturated carbocycles. The van der Waals surface area contributed by atoms with Gasteiger partial charge in [-0.2, -0.15) is 9.78 Å². The van der Waals surface area contributed by atoms with Gasteiger partial charge in [0.05, 0.1) is 18.7 Å². The molecule has 49 heavy (non-hydrogen) atoms. The summed E-state index contributed by atoms with van der Waals surface area (Å²) in [4.78, 5) is 20.8. The molecule has 28 nitrogen and oxygen atoms in total. The average molecular weight is 777 g/mol. The van der Waals surface area contributed by atoms with E-state index in [0.29, 0.717) is 0 Å². The number of nitrogens with two attached hydrogens (primary N) is 3. The molecule has 0 aliphatic carbocycles. The van der Waals surface area contributed by atoms with Crippen LogP contribution in [-0.2, 0) is 98.2 Å². The minimum absolute atomic E-state index is 0.851. The Balaban J connectivity index is 1.27. The Morgan fingerprint density at radius 2 is 1.49 bits per heavy atom. The second-order valence-corrected chi connectivity index (χ2v) is 16.0. The van der Waals surface area contributed by atoms with Crippen LogP contribution in [0, 0.1) is 0 Å². The molecule has 10 fully saturated rings. The highest BCUT2D eigenvalue weighted by atomic mass is 31.2. The topological polar surface area (TPSA) is 376 Å². The minimum atomic E-state index is -5.59. The maximum Gasteiger partial charge on any atom is 0.556 e. The third-order valence-electron chi connectivity index (χ3n) is 8.92. The van der Waals surface area contributed by atoms with Crippen molar-refractivity contribution in [2.24, 2.45) is 17.2 Å². The fraction of sp³-hybridized carbons (Fsp3) is 1.00. The van der Waals surface area contributed by atoms with Crippen molar-refractivity contribution in [3.8, 4) is 0 Å². The number of phosphoric acid groups is 3. The number of aliphatic hydroxyl groups is 4. The minimum Gasteiger partial charge on any atom is -0.394 e. The van der Waals surface area contributed by atoms with Crippen LogP contribution in [0.1, 0.15) is 0 Å². The Morgan fingerprint density at radius 3 is 2.22 bits per heavy atom. The summed E-state index contributed by atoms with van der Waals surface area (Å²) in [5, 5.41) is 42.8. The van der Waals surface area contributed by atoms with Crippen LogP contribution in [0.25, 0.3) is 0 Å². The molecule has 5 unspecified atom stereocenters. The van der Waals surface area contributed by atoms with Gasteiger partial charge in [0, 0.05) is 0 Å². The molecule has 9 bridgehead atoms. The van der Waals surface area contributed by atoms with Gasteiger partial charge in [0.1, 0.15) is 49.8 Å². The van der Waals surface area contributed by atoms with Crippen LogP contribution in [-0.4, -0.2) is 131 Å². The number of aliphatic hydroxyl groups excluding tert-OH is 4. The van der Waals surface area contributed by atoms with Gasteiger partial charge in [-0.15, -0.1) is 18.7 Å². The second-order valence-electron chi connectivity index (χ2n) is 11.8. The summed E-state index contributed by atoms with van der Waals surface area (Å²) in [5.74, 6) is -13.4. The molecule has 10 aliphatic heterocycles. The van der Waals surface area contributed by atoms with Crippen LogP contribution < -0.4 is 17.2 Å². The van der Waals surface area contributed by atoms with E-state index in [1.165, 1.54) is 0 Å². The molecule has 0 amide bonds. The first-order chi connectivity index (χ1) is 23.0. The van der Waals surface area contributed by atoms with Gasteiger partial charge >= 0.3 is 41.0 Å². The highest BCUT2D eigenvalue weighted by Gasteiger charge is 3.03. The van der Waals surface area contributed by atoms with Crippen LogP contribution in [0.15, 0.2) is 0 Å². The molecule has 10 N–H and O–H groups in total. The average Bonchev–Trinajstić information content (AvgIpc) is 3.53. The molecule has 0 aromatic carbocycles. The molecule has 0 radical (unpaired) electrons. The highest BCUT2D eigenvalue weighted by Crippen LogP contribution is 2.86. The lowest BCUT2D eigenvalue weighted by molar-refractivity contribution is -0.615. The molecule has 18 atom stereocenters. The van der Waals surface area contributed by atoms with Gasteiger partial charge in [0.15, 0.2) is 12.6 Å². The summed E-state index contributed by atoms with van der Waals surface area (Å²) >= 11 is 0. The fourth-order valence-corrected chi connectivity index (χ4v) is 10.6. The first-order valence-corrected chi connectivity index (χ1v) is 18.4. The first-order valence-electron chi connectivity index (χ1n) is 14.0. The van der Waals surface area contributed by atoms with E-state index < -0.39 is 134 Å². The maximum atomic E-state index is 14.4. The van der Waals surface area contributed by atoms with E-state index in [1.54, 1.807) is 0 Å². The van der Waals surface area contributed by atoms with Crippen molar-refractivity contribution in [1.29, 1.82) is 0 Å². The van der Waals surface area contributed by atoms with E-state index in [1.807, 2.05) is 0 Å². The Kier molecular flexibility index (Phi) is 7.51. The van der Waals surface area contributed by atoms with E-state index >= 15 is 0 Å². The molecule has 0 aromatic rings. The van der Waals surface area contributed by atoms with Crippen LogP contribution in [0.5, 0.6) is 0 Å². The summed E-state index contributed by atoms with van der Waals surface area (Å²) in [5.41, 5.74) is 15.6. The second kappa shape index (κ2) is 10.7. The largest absolute Gasteiger partial charge is 0.556 e. The van der Waals surface area contributed by atoms with Crippen LogP contribution in [0.3, 0.4) is 0 Å². The summed E-state index contributed by atoms with van der Waals surface area (Å²) in [6.45, 7) is -3.25. The van der Waals surface area contributed by atoms with Gasteiger partial charge < -0.3 is 50.8 Å². The standard InChI is InChI=1S/C18H26N3O25P3/c19-6-8(24)9-5-2-29-43-49(28)45-36-16-14(3-23)35-18(33-9)15(21,17(16,37-46-49)41-47(26,38-14)40-16)39-48(27,42-18)44-34-11-7(20)12(25)30-4(1-22)10(11)32-13(6)31-5/h4-13,22-25H,1-3,19-21H2/t4-,5-,6-,7-,8-,9?,10?,11-,12-,13-,14-,15-,16-,17-,18+,47?,48?,49?/m1/s1. The number of hydrogen-bond donors (Lipinski definition) is 7. The van der Waals surface area contributed by atoms with E-state index in [-0.39, 0.29) is 0 Å². The summed E-state index contributed by atoms with van der Waals surface area (Å²) in [6.07, 6.45) is -14.1. The molecule has 278 valence electrons. The van der Waals surface area contributed by atoms with E-state index in [2.05, 4.69) is 0 Å². The van der Waals surface area contributed by atoms with Gasteiger partial charge in [0.25, 0.3) is 11.5 Å². The van der Waals surface area contributed by atoms with E-state index in [4.69, 9.17) is 102 Å². The summed E-state index contributed by atoms with van der Waals surface area (Å²) in [7, 11) is -16.0. The Hall–Kier alpha value is -0.310. The number of hydrogen-bond acceptors (Lipinski definition) is 28. The van der Waals surface area contributed by atoms with Crippen molar-refractivity contribution in [3.05, 3.63) is 0 Å². The molecule has 10 saturated heterocycles. The van der Waals surface area contributed by atoms with Crippen molar-refractivity contribution in [2.45, 2.75) is 90.3 Å². The van der Waals surface area contributed by atoms with Crippen molar-refractivity contribution in [2.75, 3.05) is 19.8 Å². The normalized spacial score (nSPS) is 63.7. The van der Waals surface area contributed by atoms with Gasteiger partial charge in [-0.25, -0.2) is 46.1 Å². The lowest BCUT2D eigenvalue weighted by Crippen LogP contribution is -2.91. The lowest BCUT2D eigenvalue weighted by atomic mass is 9.82. The first kappa shape index (κ1) is 34.5. The van der Waals surface area contributed by atoms with Gasteiger partial charge in [0.2, 0.25) is 0 Å². The zero-order valence-electron chi connectivity index (χ0n) is 23.8. The van der Waals surface area contributed by atoms with Gasteiger partial charge in [-0.05, 0) is 0 Å². The maximum absolute atomic E-state index is 14.4. The van der Waals surface area contributed by atoms with Crippen molar-refractivity contribution < 1.29 is 119 Å². The van der Waals surface area contributed by atoms with Crippen LogP contribution in [0.2, 0.25) is 0 Å². The van der Waals surface area contributed by atoms with Crippen molar-refractivity contribution in [1.82, 2.24) is 0 Å². The molecule has 31 heteroatoms. The monoisotopic (exact) mass is 777 g/mol. The predicted molar refractivity (Wildman–Crippen MR) is 130 cm³/mol.